The van der Waals surface area contributed by atoms with E-state index in [9.17, 15) is 19.8 Å². The first-order valence-corrected chi connectivity index (χ1v) is 12.5. The van der Waals surface area contributed by atoms with Gasteiger partial charge in [0, 0.05) is 50.4 Å². The quantitative estimate of drug-likeness (QED) is 0.485. The third-order valence-corrected chi connectivity index (χ3v) is 7.75. The molecule has 1 aromatic heterocycles. The summed E-state index contributed by atoms with van der Waals surface area (Å²) in [6, 6.07) is 14.9. The Labute approximate surface area is 210 Å². The Morgan fingerprint density at radius 1 is 1.08 bits per heavy atom. The van der Waals surface area contributed by atoms with Gasteiger partial charge in [-0.1, -0.05) is 24.3 Å². The van der Waals surface area contributed by atoms with E-state index in [4.69, 9.17) is 4.74 Å². The second-order valence-electron chi connectivity index (χ2n) is 10.3. The zero-order valence-electron chi connectivity index (χ0n) is 20.5. The number of piperidine rings is 1. The van der Waals surface area contributed by atoms with E-state index < -0.39 is 17.6 Å². The van der Waals surface area contributed by atoms with Crippen LogP contribution in [0.4, 0.5) is 0 Å². The first-order chi connectivity index (χ1) is 17.3. The van der Waals surface area contributed by atoms with Crippen molar-refractivity contribution in [2.24, 2.45) is 5.41 Å². The number of carbonyl (C=O) groups is 2. The lowest BCUT2D eigenvalue weighted by Crippen LogP contribution is -2.51. The number of fused-ring (bicyclic) bond motifs is 2. The van der Waals surface area contributed by atoms with Gasteiger partial charge in [-0.15, -0.1) is 0 Å². The fourth-order valence-electron chi connectivity index (χ4n) is 5.57. The fraction of sp³-hybridized carbons (Fsp3) is 0.429. The maximum absolute atomic E-state index is 13.2. The van der Waals surface area contributed by atoms with Crippen LogP contribution in [0.2, 0.25) is 0 Å². The van der Waals surface area contributed by atoms with Gasteiger partial charge < -0.3 is 29.7 Å². The van der Waals surface area contributed by atoms with Gasteiger partial charge in [-0.25, -0.2) is 0 Å². The third-order valence-electron chi connectivity index (χ3n) is 7.75. The second kappa shape index (κ2) is 9.95. The predicted octanol–water partition coefficient (Wildman–Crippen LogP) is 2.60. The molecule has 1 saturated heterocycles. The Morgan fingerprint density at radius 2 is 1.86 bits per heavy atom. The molecule has 3 heterocycles. The molecule has 3 aromatic rings. The molecule has 190 valence electrons. The Morgan fingerprint density at radius 3 is 2.67 bits per heavy atom. The highest BCUT2D eigenvalue weighted by atomic mass is 16.5. The van der Waals surface area contributed by atoms with Gasteiger partial charge in [-0.2, -0.15) is 0 Å². The van der Waals surface area contributed by atoms with Crippen molar-refractivity contribution in [2.75, 3.05) is 33.3 Å². The van der Waals surface area contributed by atoms with Gasteiger partial charge in [-0.05, 0) is 59.9 Å². The number of aliphatic hydroxyl groups excluding tert-OH is 2. The van der Waals surface area contributed by atoms with E-state index in [1.807, 2.05) is 53.6 Å². The molecule has 0 unspecified atom stereocenters. The standard InChI is InChI=1S/C28H33N3O5/c1-30-18-28(16-24(33)23(32)15-20-4-2-3-5-25(20)36-17-26(30)34)9-12-31(13-10-28)27(35)21-7-6-19-8-11-29-22(19)14-21/h2-8,11,14,23-24,29,32-33H,9-10,12-13,15-18H2,1H3/t23-,24+/m0/s1. The van der Waals surface area contributed by atoms with E-state index in [0.717, 1.165) is 16.5 Å². The van der Waals surface area contributed by atoms with E-state index in [2.05, 4.69) is 4.98 Å². The molecular formula is C28H33N3O5. The first-order valence-electron chi connectivity index (χ1n) is 12.5. The predicted molar refractivity (Wildman–Crippen MR) is 136 cm³/mol. The van der Waals surface area contributed by atoms with Crippen LogP contribution in [0, 0.1) is 5.41 Å². The molecular weight excluding hydrogens is 458 g/mol. The van der Waals surface area contributed by atoms with Gasteiger partial charge in [0.2, 0.25) is 0 Å². The molecule has 2 aliphatic rings. The van der Waals surface area contributed by atoms with E-state index in [1.54, 1.807) is 18.0 Å². The van der Waals surface area contributed by atoms with Gasteiger partial charge >= 0.3 is 0 Å². The summed E-state index contributed by atoms with van der Waals surface area (Å²) in [4.78, 5) is 32.8. The maximum Gasteiger partial charge on any atom is 0.260 e. The summed E-state index contributed by atoms with van der Waals surface area (Å²) in [5.41, 5.74) is 1.91. The number of nitrogens with one attached hydrogen (secondary N) is 1. The van der Waals surface area contributed by atoms with Crippen molar-refractivity contribution >= 4 is 22.7 Å². The molecule has 8 nitrogen and oxygen atoms in total. The fourth-order valence-corrected chi connectivity index (χ4v) is 5.57. The molecule has 3 N–H and O–H groups in total. The first kappa shape index (κ1) is 24.3. The van der Waals surface area contributed by atoms with E-state index in [1.165, 1.54) is 0 Å². The number of hydrogen-bond acceptors (Lipinski definition) is 5. The molecule has 1 fully saturated rings. The van der Waals surface area contributed by atoms with Crippen molar-refractivity contribution in [1.82, 2.24) is 14.8 Å². The van der Waals surface area contributed by atoms with Crippen LogP contribution in [-0.2, 0) is 11.2 Å². The molecule has 5 rings (SSSR count). The molecule has 1 spiro atoms. The van der Waals surface area contributed by atoms with Crippen LogP contribution in [0.1, 0.15) is 35.2 Å². The largest absolute Gasteiger partial charge is 0.483 e. The number of carbonyl (C=O) groups excluding carboxylic acids is 2. The Kier molecular flexibility index (Phi) is 6.73. The summed E-state index contributed by atoms with van der Waals surface area (Å²) in [6.07, 6.45) is 1.78. The zero-order chi connectivity index (χ0) is 25.3. The molecule has 2 atom stereocenters. The van der Waals surface area contributed by atoms with E-state index in [-0.39, 0.29) is 24.8 Å². The van der Waals surface area contributed by atoms with Crippen LogP contribution in [-0.4, -0.2) is 82.3 Å². The highest BCUT2D eigenvalue weighted by molar-refractivity contribution is 5.98. The smallest absolute Gasteiger partial charge is 0.260 e. The number of likely N-dealkylation sites (tertiary alicyclic amines) is 1. The summed E-state index contributed by atoms with van der Waals surface area (Å²) in [5.74, 6) is 0.382. The average molecular weight is 492 g/mol. The number of benzene rings is 2. The minimum Gasteiger partial charge on any atom is -0.483 e. The second-order valence-corrected chi connectivity index (χ2v) is 10.3. The topological polar surface area (TPSA) is 106 Å². The number of aliphatic hydroxyl groups is 2. The lowest BCUT2D eigenvalue weighted by Gasteiger charge is -2.45. The molecule has 2 aromatic carbocycles. The highest BCUT2D eigenvalue weighted by Crippen LogP contribution is 2.39. The Hall–Kier alpha value is -3.36. The van der Waals surface area contributed by atoms with Crippen molar-refractivity contribution in [1.29, 1.82) is 0 Å². The number of amides is 2. The Balaban J connectivity index is 1.33. The zero-order valence-corrected chi connectivity index (χ0v) is 20.5. The lowest BCUT2D eigenvalue weighted by molar-refractivity contribution is -0.135. The third kappa shape index (κ3) is 4.96. The maximum atomic E-state index is 13.2. The number of likely N-dealkylation sites (N-methyl/N-ethyl adjacent to an activating group) is 1. The van der Waals surface area contributed by atoms with Crippen molar-refractivity contribution < 1.29 is 24.5 Å². The van der Waals surface area contributed by atoms with Gasteiger partial charge in [0.25, 0.3) is 11.8 Å². The van der Waals surface area contributed by atoms with Crippen LogP contribution in [0.15, 0.2) is 54.7 Å². The minimum absolute atomic E-state index is 0.0236. The SMILES string of the molecule is CN1CC2(CCN(C(=O)c3ccc4cc[nH]c4c3)CC2)C[C@@H](O)[C@@H](O)Cc2ccccc2OCC1=O. The number of aromatic nitrogens is 1. The molecule has 8 heteroatoms. The molecule has 0 saturated carbocycles. The van der Waals surface area contributed by atoms with Crippen LogP contribution in [0.25, 0.3) is 10.9 Å². The number of hydrogen-bond donors (Lipinski definition) is 3. The van der Waals surface area contributed by atoms with Crippen molar-refractivity contribution in [3.05, 3.63) is 65.9 Å². The van der Waals surface area contributed by atoms with Gasteiger partial charge in [0.05, 0.1) is 12.2 Å². The normalized spacial score (nSPS) is 23.0. The summed E-state index contributed by atoms with van der Waals surface area (Å²) >= 11 is 0. The summed E-state index contributed by atoms with van der Waals surface area (Å²) in [7, 11) is 1.75. The van der Waals surface area contributed by atoms with Crippen molar-refractivity contribution in [2.45, 2.75) is 37.9 Å². The van der Waals surface area contributed by atoms with Crippen LogP contribution < -0.4 is 4.74 Å². The summed E-state index contributed by atoms with van der Waals surface area (Å²) in [5, 5.41) is 22.9. The van der Waals surface area contributed by atoms with Gasteiger partial charge in [-0.3, -0.25) is 9.59 Å². The molecule has 36 heavy (non-hydrogen) atoms. The van der Waals surface area contributed by atoms with E-state index >= 15 is 0 Å². The van der Waals surface area contributed by atoms with Gasteiger partial charge in [0.15, 0.2) is 6.61 Å². The number of para-hydroxylation sites is 1. The average Bonchev–Trinajstić information content (AvgIpc) is 3.35. The monoisotopic (exact) mass is 491 g/mol. The van der Waals surface area contributed by atoms with Gasteiger partial charge in [0.1, 0.15) is 5.75 Å². The number of nitrogens with zero attached hydrogens (tertiary/aromatic N) is 2. The summed E-state index contributed by atoms with van der Waals surface area (Å²) < 4.78 is 5.79. The number of ether oxygens (including phenoxy) is 1. The van der Waals surface area contributed by atoms with Crippen LogP contribution >= 0.6 is 0 Å². The Bertz CT molecular complexity index is 1250. The molecule has 2 amide bonds. The van der Waals surface area contributed by atoms with Crippen molar-refractivity contribution in [3.63, 3.8) is 0 Å². The number of rotatable bonds is 1. The number of aromatic amines is 1. The highest BCUT2D eigenvalue weighted by Gasteiger charge is 2.41. The molecule has 0 bridgehead atoms. The van der Waals surface area contributed by atoms with Crippen molar-refractivity contribution in [3.8, 4) is 5.75 Å². The minimum atomic E-state index is -0.960. The van der Waals surface area contributed by atoms with Crippen LogP contribution in [0.3, 0.4) is 0 Å². The molecule has 2 aliphatic heterocycles. The number of H-pyrrole nitrogens is 1. The van der Waals surface area contributed by atoms with Crippen LogP contribution in [0.5, 0.6) is 5.75 Å². The molecule has 0 aliphatic carbocycles. The van der Waals surface area contributed by atoms with E-state index in [0.29, 0.717) is 50.2 Å². The summed E-state index contributed by atoms with van der Waals surface area (Å²) in [6.45, 7) is 1.38. The lowest BCUT2D eigenvalue weighted by atomic mass is 9.72. The molecule has 0 radical (unpaired) electrons.